The van der Waals surface area contributed by atoms with Gasteiger partial charge in [0.15, 0.2) is 0 Å². The van der Waals surface area contributed by atoms with Gasteiger partial charge in [-0.2, -0.15) is 0 Å². The molecule has 0 unspecified atom stereocenters. The molecule has 20 heavy (non-hydrogen) atoms. The van der Waals surface area contributed by atoms with Gasteiger partial charge in [0.2, 0.25) is 0 Å². The lowest BCUT2D eigenvalue weighted by molar-refractivity contribution is 0.0698. The average Bonchev–Trinajstić information content (AvgIpc) is 2.41. The highest BCUT2D eigenvalue weighted by Crippen LogP contribution is 2.32. The van der Waals surface area contributed by atoms with E-state index in [4.69, 9.17) is 5.73 Å². The Kier molecular flexibility index (Phi) is 3.61. The molecule has 0 spiro atoms. The average molecular weight is 274 g/mol. The molecular formula is C15H15FN2O2. The fraction of sp³-hybridized carbons (Fsp3) is 0.133. The van der Waals surface area contributed by atoms with Crippen molar-refractivity contribution in [3.63, 3.8) is 0 Å². The predicted molar refractivity (Wildman–Crippen MR) is 77.0 cm³/mol. The number of nitrogens with zero attached hydrogens (tertiary/aromatic N) is 1. The summed E-state index contributed by atoms with van der Waals surface area (Å²) in [5.41, 5.74) is 7.20. The van der Waals surface area contributed by atoms with E-state index >= 15 is 0 Å². The largest absolute Gasteiger partial charge is 0.478 e. The number of carbonyl (C=O) groups is 1. The van der Waals surface area contributed by atoms with E-state index in [9.17, 15) is 14.3 Å². The van der Waals surface area contributed by atoms with Crippen LogP contribution in [0, 0.1) is 12.7 Å². The maximum Gasteiger partial charge on any atom is 0.340 e. The van der Waals surface area contributed by atoms with E-state index in [0.717, 1.165) is 11.3 Å². The van der Waals surface area contributed by atoms with Gasteiger partial charge in [-0.05, 0) is 31.2 Å². The first kappa shape index (κ1) is 13.9. The Hall–Kier alpha value is -2.56. The smallest absolute Gasteiger partial charge is 0.340 e. The van der Waals surface area contributed by atoms with Gasteiger partial charge in [0.05, 0.1) is 11.4 Å². The van der Waals surface area contributed by atoms with Crippen LogP contribution >= 0.6 is 0 Å². The van der Waals surface area contributed by atoms with Crippen molar-refractivity contribution >= 4 is 23.0 Å². The van der Waals surface area contributed by atoms with Crippen molar-refractivity contribution in [1.29, 1.82) is 0 Å². The highest BCUT2D eigenvalue weighted by Gasteiger charge is 2.20. The number of carboxylic acids is 1. The van der Waals surface area contributed by atoms with Gasteiger partial charge in [-0.25, -0.2) is 9.18 Å². The summed E-state index contributed by atoms with van der Waals surface area (Å²) < 4.78 is 13.4. The zero-order valence-corrected chi connectivity index (χ0v) is 11.2. The highest BCUT2D eigenvalue weighted by atomic mass is 19.1. The SMILES string of the molecule is Cc1ccc(N(C)c2ccc(F)c(N)c2C(=O)O)cc1. The van der Waals surface area contributed by atoms with Crippen molar-refractivity contribution in [3.8, 4) is 0 Å². The Morgan fingerprint density at radius 2 is 1.80 bits per heavy atom. The van der Waals surface area contributed by atoms with Crippen LogP contribution in [0.15, 0.2) is 36.4 Å². The quantitative estimate of drug-likeness (QED) is 0.844. The van der Waals surface area contributed by atoms with Crippen molar-refractivity contribution in [2.24, 2.45) is 0 Å². The van der Waals surface area contributed by atoms with Gasteiger partial charge in [0, 0.05) is 12.7 Å². The minimum absolute atomic E-state index is 0.229. The van der Waals surface area contributed by atoms with E-state index in [1.807, 2.05) is 31.2 Å². The first-order chi connectivity index (χ1) is 9.41. The van der Waals surface area contributed by atoms with E-state index in [0.29, 0.717) is 5.69 Å². The number of nitrogens with two attached hydrogens (primary N) is 1. The van der Waals surface area contributed by atoms with Crippen LogP contribution in [-0.2, 0) is 0 Å². The third-order valence-electron chi connectivity index (χ3n) is 3.17. The zero-order chi connectivity index (χ0) is 14.9. The van der Waals surface area contributed by atoms with Gasteiger partial charge in [-0.15, -0.1) is 0 Å². The molecule has 0 atom stereocenters. The number of hydrogen-bond donors (Lipinski definition) is 2. The lowest BCUT2D eigenvalue weighted by Crippen LogP contribution is -2.16. The molecule has 0 saturated heterocycles. The first-order valence-electron chi connectivity index (χ1n) is 6.03. The van der Waals surface area contributed by atoms with Crippen LogP contribution in [0.1, 0.15) is 15.9 Å². The van der Waals surface area contributed by atoms with Crippen LogP contribution in [0.3, 0.4) is 0 Å². The summed E-state index contributed by atoms with van der Waals surface area (Å²) in [6.45, 7) is 1.96. The van der Waals surface area contributed by atoms with Crippen LogP contribution < -0.4 is 10.6 Å². The second-order valence-electron chi connectivity index (χ2n) is 4.55. The Bertz CT molecular complexity index is 654. The lowest BCUT2D eigenvalue weighted by atomic mass is 10.1. The fourth-order valence-electron chi connectivity index (χ4n) is 1.99. The van der Waals surface area contributed by atoms with E-state index in [-0.39, 0.29) is 11.3 Å². The second-order valence-corrected chi connectivity index (χ2v) is 4.55. The third-order valence-corrected chi connectivity index (χ3v) is 3.17. The number of hydrogen-bond acceptors (Lipinski definition) is 3. The second kappa shape index (κ2) is 5.21. The molecule has 0 radical (unpaired) electrons. The number of aryl methyl sites for hydroxylation is 1. The Morgan fingerprint density at radius 1 is 1.20 bits per heavy atom. The molecular weight excluding hydrogens is 259 g/mol. The molecule has 2 aromatic rings. The summed E-state index contributed by atoms with van der Waals surface area (Å²) >= 11 is 0. The fourth-order valence-corrected chi connectivity index (χ4v) is 1.99. The van der Waals surface area contributed by atoms with E-state index in [1.165, 1.54) is 12.1 Å². The number of halogens is 1. The molecule has 0 amide bonds. The number of rotatable bonds is 3. The minimum atomic E-state index is -1.25. The van der Waals surface area contributed by atoms with Crippen molar-refractivity contribution in [2.75, 3.05) is 17.7 Å². The van der Waals surface area contributed by atoms with E-state index in [1.54, 1.807) is 11.9 Å². The number of aromatic carboxylic acids is 1. The van der Waals surface area contributed by atoms with Gasteiger partial charge < -0.3 is 15.7 Å². The van der Waals surface area contributed by atoms with Crippen molar-refractivity contribution in [2.45, 2.75) is 6.92 Å². The zero-order valence-electron chi connectivity index (χ0n) is 11.2. The summed E-state index contributed by atoms with van der Waals surface area (Å²) in [6, 6.07) is 10.1. The number of benzene rings is 2. The van der Waals surface area contributed by atoms with Gasteiger partial charge in [0.25, 0.3) is 0 Å². The summed E-state index contributed by atoms with van der Waals surface area (Å²) in [7, 11) is 1.71. The molecule has 0 fully saturated rings. The first-order valence-corrected chi connectivity index (χ1v) is 6.03. The van der Waals surface area contributed by atoms with E-state index < -0.39 is 11.8 Å². The Balaban J connectivity index is 2.54. The van der Waals surface area contributed by atoms with Gasteiger partial charge in [-0.3, -0.25) is 0 Å². The highest BCUT2D eigenvalue weighted by molar-refractivity contribution is 6.01. The predicted octanol–water partition coefficient (Wildman–Crippen LogP) is 3.18. The Labute approximate surface area is 116 Å². The van der Waals surface area contributed by atoms with Crippen LogP contribution in [0.4, 0.5) is 21.5 Å². The molecule has 0 aliphatic carbocycles. The molecule has 2 rings (SSSR count). The van der Waals surface area contributed by atoms with Crippen molar-refractivity contribution in [1.82, 2.24) is 0 Å². The maximum absolute atomic E-state index is 13.4. The summed E-state index contributed by atoms with van der Waals surface area (Å²) in [5, 5.41) is 9.24. The molecule has 0 aliphatic heterocycles. The maximum atomic E-state index is 13.4. The molecule has 4 nitrogen and oxygen atoms in total. The standard InChI is InChI=1S/C15H15FN2O2/c1-9-3-5-10(6-4-9)18(2)12-8-7-11(16)14(17)13(12)15(19)20/h3-8H,17H2,1-2H3,(H,19,20). The summed E-state index contributed by atoms with van der Waals surface area (Å²) in [4.78, 5) is 13.0. The molecule has 0 bridgehead atoms. The van der Waals surface area contributed by atoms with Crippen molar-refractivity contribution in [3.05, 3.63) is 53.3 Å². The van der Waals surface area contributed by atoms with Crippen LogP contribution in [-0.4, -0.2) is 18.1 Å². The number of carboxylic acid groups (broad SMARTS) is 1. The molecule has 0 saturated carbocycles. The molecule has 0 aromatic heterocycles. The monoisotopic (exact) mass is 274 g/mol. The third kappa shape index (κ3) is 2.42. The normalized spacial score (nSPS) is 10.3. The molecule has 0 aliphatic rings. The van der Waals surface area contributed by atoms with Gasteiger partial charge in [0.1, 0.15) is 11.4 Å². The van der Waals surface area contributed by atoms with Crippen LogP contribution in [0.5, 0.6) is 0 Å². The number of nitrogen functional groups attached to an aromatic ring is 1. The summed E-state index contributed by atoms with van der Waals surface area (Å²) in [5.74, 6) is -1.99. The van der Waals surface area contributed by atoms with Crippen LogP contribution in [0.2, 0.25) is 0 Å². The Morgan fingerprint density at radius 3 is 2.35 bits per heavy atom. The molecule has 0 heterocycles. The van der Waals surface area contributed by atoms with Gasteiger partial charge in [-0.1, -0.05) is 17.7 Å². The lowest BCUT2D eigenvalue weighted by Gasteiger charge is -2.22. The van der Waals surface area contributed by atoms with Gasteiger partial charge >= 0.3 is 5.97 Å². The minimum Gasteiger partial charge on any atom is -0.478 e. The molecule has 104 valence electrons. The topological polar surface area (TPSA) is 66.6 Å². The number of anilines is 3. The summed E-state index contributed by atoms with van der Waals surface area (Å²) in [6.07, 6.45) is 0. The molecule has 3 N–H and O–H groups in total. The van der Waals surface area contributed by atoms with Crippen LogP contribution in [0.25, 0.3) is 0 Å². The van der Waals surface area contributed by atoms with E-state index in [2.05, 4.69) is 0 Å². The van der Waals surface area contributed by atoms with Crippen molar-refractivity contribution < 1.29 is 14.3 Å². The molecule has 2 aromatic carbocycles. The molecule has 5 heteroatoms.